The molecule has 0 saturated heterocycles. The van der Waals surface area contributed by atoms with Crippen molar-refractivity contribution in [2.75, 3.05) is 0 Å². The van der Waals surface area contributed by atoms with Crippen LogP contribution in [0.25, 0.3) is 27.5 Å². The number of hydrogen-bond acceptors (Lipinski definition) is 2. The maximum Gasteiger partial charge on any atom is 0.0860 e. The zero-order valence-corrected chi connectivity index (χ0v) is 15.1. The molecule has 2 aromatic heterocycles. The molecule has 1 N–H and O–H groups in total. The summed E-state index contributed by atoms with van der Waals surface area (Å²) in [6.45, 7) is 3.63. The van der Waals surface area contributed by atoms with Gasteiger partial charge in [0.2, 0.25) is 0 Å². The molecule has 0 saturated carbocycles. The van der Waals surface area contributed by atoms with Crippen LogP contribution in [0.3, 0.4) is 0 Å². The molecule has 4 rings (SSSR count). The average Bonchev–Trinajstić information content (AvgIpc) is 2.88. The monoisotopic (exact) mass is 380 g/mol. The van der Waals surface area contributed by atoms with Crippen LogP contribution >= 0.6 is 15.9 Å². The smallest absolute Gasteiger partial charge is 0.0860 e. The van der Waals surface area contributed by atoms with E-state index >= 15 is 0 Å². The molecule has 2 aromatic carbocycles. The Hall–Kier alpha value is -2.17. The van der Waals surface area contributed by atoms with Gasteiger partial charge in [0.1, 0.15) is 0 Å². The van der Waals surface area contributed by atoms with Crippen molar-refractivity contribution in [1.82, 2.24) is 9.55 Å². The minimum absolute atomic E-state index is 0.892. The summed E-state index contributed by atoms with van der Waals surface area (Å²) in [7, 11) is 0. The molecule has 0 aliphatic rings. The van der Waals surface area contributed by atoms with Crippen LogP contribution in [0.1, 0.15) is 19.4 Å². The second-order valence-corrected chi connectivity index (χ2v) is 7.38. The Morgan fingerprint density at radius 1 is 1.00 bits per heavy atom. The lowest BCUT2D eigenvalue weighted by atomic mass is 9.96. The molecule has 4 heteroatoms. The summed E-state index contributed by atoms with van der Waals surface area (Å²) in [4.78, 5) is 4.29. The molecule has 0 radical (unpaired) electrons. The summed E-state index contributed by atoms with van der Waals surface area (Å²) in [5.41, 5.74) is 3.12. The van der Waals surface area contributed by atoms with Crippen LogP contribution in [0, 0.1) is 0 Å². The van der Waals surface area contributed by atoms with Gasteiger partial charge >= 0.3 is 0 Å². The number of hydrogen-bond donors (Lipinski definition) is 1. The molecule has 4 aromatic rings. The SMILES string of the molecule is CC(C)(O)c1ccccc1-n1c2ccncc2c2cc(Br)ccc21. The van der Waals surface area contributed by atoms with Crippen molar-refractivity contribution in [2.45, 2.75) is 19.4 Å². The summed E-state index contributed by atoms with van der Waals surface area (Å²) >= 11 is 3.56. The lowest BCUT2D eigenvalue weighted by Gasteiger charge is -2.23. The molecule has 0 aliphatic heterocycles. The van der Waals surface area contributed by atoms with Gasteiger partial charge in [0.25, 0.3) is 0 Å². The second-order valence-electron chi connectivity index (χ2n) is 6.47. The van der Waals surface area contributed by atoms with E-state index in [1.54, 1.807) is 6.20 Å². The van der Waals surface area contributed by atoms with Crippen LogP contribution in [-0.4, -0.2) is 14.7 Å². The Kier molecular flexibility index (Phi) is 3.48. The number of para-hydroxylation sites is 1. The Morgan fingerprint density at radius 3 is 2.54 bits per heavy atom. The van der Waals surface area contributed by atoms with Gasteiger partial charge in [-0.25, -0.2) is 0 Å². The quantitative estimate of drug-likeness (QED) is 0.520. The molecule has 0 fully saturated rings. The molecular formula is C20H17BrN2O. The number of halogens is 1. The van der Waals surface area contributed by atoms with Crippen LogP contribution in [0.15, 0.2) is 65.4 Å². The highest BCUT2D eigenvalue weighted by atomic mass is 79.9. The van der Waals surface area contributed by atoms with E-state index in [2.05, 4.69) is 43.7 Å². The first-order chi connectivity index (χ1) is 11.5. The van der Waals surface area contributed by atoms with Crippen molar-refractivity contribution in [1.29, 1.82) is 0 Å². The maximum atomic E-state index is 10.6. The van der Waals surface area contributed by atoms with E-state index in [1.807, 2.05) is 50.4 Å². The molecule has 120 valence electrons. The van der Waals surface area contributed by atoms with Gasteiger partial charge in [-0.05, 0) is 44.2 Å². The van der Waals surface area contributed by atoms with Crippen LogP contribution in [0.2, 0.25) is 0 Å². The number of rotatable bonds is 2. The lowest BCUT2D eigenvalue weighted by molar-refractivity contribution is 0.0786. The zero-order chi connectivity index (χ0) is 16.9. The van der Waals surface area contributed by atoms with E-state index < -0.39 is 5.60 Å². The minimum Gasteiger partial charge on any atom is -0.386 e. The molecule has 0 spiro atoms. The Morgan fingerprint density at radius 2 is 1.75 bits per heavy atom. The number of aliphatic hydroxyl groups is 1. The van der Waals surface area contributed by atoms with Crippen molar-refractivity contribution < 1.29 is 5.11 Å². The lowest BCUT2D eigenvalue weighted by Crippen LogP contribution is -2.18. The average molecular weight is 381 g/mol. The van der Waals surface area contributed by atoms with Crippen molar-refractivity contribution in [3.63, 3.8) is 0 Å². The molecule has 3 nitrogen and oxygen atoms in total. The number of fused-ring (bicyclic) bond motifs is 3. The molecule has 24 heavy (non-hydrogen) atoms. The van der Waals surface area contributed by atoms with Crippen molar-refractivity contribution in [3.05, 3.63) is 71.0 Å². The fraction of sp³-hybridized carbons (Fsp3) is 0.150. The van der Waals surface area contributed by atoms with Crippen molar-refractivity contribution in [2.24, 2.45) is 0 Å². The van der Waals surface area contributed by atoms with Gasteiger partial charge in [-0.3, -0.25) is 4.98 Å². The number of aromatic nitrogens is 2. The third-order valence-electron chi connectivity index (χ3n) is 4.33. The van der Waals surface area contributed by atoms with E-state index in [4.69, 9.17) is 0 Å². The van der Waals surface area contributed by atoms with E-state index in [-0.39, 0.29) is 0 Å². The normalized spacial score (nSPS) is 12.2. The molecule has 0 unspecified atom stereocenters. The van der Waals surface area contributed by atoms with Gasteiger partial charge in [0, 0.05) is 33.2 Å². The Bertz CT molecular complexity index is 1060. The fourth-order valence-electron chi connectivity index (χ4n) is 3.28. The van der Waals surface area contributed by atoms with Gasteiger partial charge in [-0.15, -0.1) is 0 Å². The fourth-order valence-corrected chi connectivity index (χ4v) is 3.64. The molecule has 0 aliphatic carbocycles. The molecular weight excluding hydrogens is 364 g/mol. The van der Waals surface area contributed by atoms with Gasteiger partial charge in [-0.1, -0.05) is 34.1 Å². The molecule has 0 bridgehead atoms. The summed E-state index contributed by atoms with van der Waals surface area (Å²) < 4.78 is 3.24. The summed E-state index contributed by atoms with van der Waals surface area (Å²) in [6.07, 6.45) is 3.70. The molecule has 0 amide bonds. The van der Waals surface area contributed by atoms with Crippen LogP contribution in [-0.2, 0) is 5.60 Å². The van der Waals surface area contributed by atoms with E-state index in [9.17, 15) is 5.11 Å². The first kappa shape index (κ1) is 15.4. The number of benzene rings is 2. The Labute approximate surface area is 148 Å². The van der Waals surface area contributed by atoms with E-state index in [1.165, 1.54) is 0 Å². The minimum atomic E-state index is -0.929. The largest absolute Gasteiger partial charge is 0.386 e. The summed E-state index contributed by atoms with van der Waals surface area (Å²) in [5, 5.41) is 12.9. The first-order valence-corrected chi connectivity index (χ1v) is 8.62. The van der Waals surface area contributed by atoms with E-state index in [0.29, 0.717) is 0 Å². The zero-order valence-electron chi connectivity index (χ0n) is 13.5. The standard InChI is InChI=1S/C20H17BrN2O/c1-20(2,24)16-5-3-4-6-19(16)23-17-8-7-13(21)11-14(17)15-12-22-10-9-18(15)23/h3-12,24H,1-2H3. The van der Waals surface area contributed by atoms with Gasteiger partial charge < -0.3 is 9.67 Å². The Balaban J connectivity index is 2.18. The van der Waals surface area contributed by atoms with Gasteiger partial charge in [-0.2, -0.15) is 0 Å². The van der Waals surface area contributed by atoms with Crippen molar-refractivity contribution in [3.8, 4) is 5.69 Å². The van der Waals surface area contributed by atoms with Gasteiger partial charge in [0.05, 0.1) is 22.3 Å². The first-order valence-electron chi connectivity index (χ1n) is 7.83. The maximum absolute atomic E-state index is 10.6. The molecule has 0 atom stereocenters. The third kappa shape index (κ3) is 2.34. The van der Waals surface area contributed by atoms with Gasteiger partial charge in [0.15, 0.2) is 0 Å². The number of nitrogens with zero attached hydrogens (tertiary/aromatic N) is 2. The summed E-state index contributed by atoms with van der Waals surface area (Å²) in [5.74, 6) is 0. The van der Waals surface area contributed by atoms with Crippen molar-refractivity contribution >= 4 is 37.7 Å². The van der Waals surface area contributed by atoms with Crippen LogP contribution in [0.5, 0.6) is 0 Å². The van der Waals surface area contributed by atoms with E-state index in [0.717, 1.165) is 37.5 Å². The third-order valence-corrected chi connectivity index (χ3v) is 4.83. The summed E-state index contributed by atoms with van der Waals surface area (Å²) in [6, 6.07) is 16.3. The number of pyridine rings is 1. The highest BCUT2D eigenvalue weighted by Gasteiger charge is 2.22. The predicted octanol–water partition coefficient (Wildman–Crippen LogP) is 5.17. The highest BCUT2D eigenvalue weighted by Crippen LogP contribution is 2.36. The highest BCUT2D eigenvalue weighted by molar-refractivity contribution is 9.10. The second kappa shape index (κ2) is 5.43. The topological polar surface area (TPSA) is 38.0 Å². The van der Waals surface area contributed by atoms with Crippen LogP contribution in [0.4, 0.5) is 0 Å². The predicted molar refractivity (Wildman–Crippen MR) is 102 cm³/mol. The van der Waals surface area contributed by atoms with Crippen LogP contribution < -0.4 is 0 Å². The molecule has 2 heterocycles.